The molecule has 0 spiro atoms. The molecule has 5 N–H and O–H groups in total. The van der Waals surface area contributed by atoms with Gasteiger partial charge in [0, 0.05) is 0 Å². The minimum absolute atomic E-state index is 0.367. The molecule has 6 heteroatoms. The van der Waals surface area contributed by atoms with Gasteiger partial charge in [0.05, 0.1) is 18.8 Å². The molecule has 0 saturated carbocycles. The Balaban J connectivity index is 3.51. The van der Waals surface area contributed by atoms with E-state index < -0.39 is 36.9 Å². The maximum Gasteiger partial charge on any atom is 0.249 e. The van der Waals surface area contributed by atoms with Crippen molar-refractivity contribution in [3.05, 3.63) is 24.3 Å². The highest BCUT2D eigenvalue weighted by molar-refractivity contribution is 5.80. The van der Waals surface area contributed by atoms with Crippen molar-refractivity contribution in [1.82, 2.24) is 5.32 Å². The SMILES string of the molecule is CCCCCCCCCCCCCCCCCCCC/C=C\CCCCCCCCCCCCCCCCCCC(O)C(=O)NC(CO)C(O)C(O)CCC/C=C/CCCCCCCCCCCCCCCCCCCCCCCCCCCC. The lowest BCUT2D eigenvalue weighted by atomic mass is 10.00. The Labute approximate surface area is 533 Å². The topological polar surface area (TPSA) is 110 Å². The zero-order valence-corrected chi connectivity index (χ0v) is 57.9. The van der Waals surface area contributed by atoms with Crippen molar-refractivity contribution in [3.8, 4) is 0 Å². The Bertz CT molecular complexity index is 1300. The smallest absolute Gasteiger partial charge is 0.249 e. The first-order chi connectivity index (χ1) is 42.0. The molecule has 85 heavy (non-hydrogen) atoms. The molecule has 0 saturated heterocycles. The average molecular weight is 1200 g/mol. The van der Waals surface area contributed by atoms with Gasteiger partial charge < -0.3 is 25.7 Å². The lowest BCUT2D eigenvalue weighted by Crippen LogP contribution is -2.53. The molecule has 0 aliphatic rings. The zero-order valence-electron chi connectivity index (χ0n) is 57.9. The van der Waals surface area contributed by atoms with Crippen LogP contribution in [0.2, 0.25) is 0 Å². The third kappa shape index (κ3) is 67.0. The van der Waals surface area contributed by atoms with Gasteiger partial charge in [0.2, 0.25) is 5.91 Å². The van der Waals surface area contributed by atoms with E-state index in [9.17, 15) is 25.2 Å². The highest BCUT2D eigenvalue weighted by Gasteiger charge is 2.28. The van der Waals surface area contributed by atoms with Gasteiger partial charge in [-0.3, -0.25) is 4.79 Å². The van der Waals surface area contributed by atoms with Crippen LogP contribution in [0.4, 0.5) is 0 Å². The van der Waals surface area contributed by atoms with Crippen LogP contribution in [0.15, 0.2) is 24.3 Å². The third-order valence-electron chi connectivity index (χ3n) is 18.9. The number of carbonyl (C=O) groups excluding carboxylic acids is 1. The maximum atomic E-state index is 12.7. The normalized spacial score (nSPS) is 13.4. The predicted octanol–water partition coefficient (Wildman–Crippen LogP) is 24.8. The molecule has 0 heterocycles. The molecule has 0 aromatic carbocycles. The summed E-state index contributed by atoms with van der Waals surface area (Å²) in [6, 6.07) is -1.00. The molecule has 0 radical (unpaired) electrons. The van der Waals surface area contributed by atoms with E-state index in [0.717, 1.165) is 38.5 Å². The standard InChI is InChI=1S/C79H155NO5/c1-3-5-7-9-11-13-15-17-19-21-23-25-27-29-31-33-35-36-37-38-39-40-41-43-45-47-49-51-53-55-57-59-61-63-65-67-69-71-73-77(83)79(85)80-75(74-81)78(84)76(82)72-70-68-66-64-62-60-58-56-54-52-50-48-46-44-42-34-32-30-28-26-24-22-20-18-16-14-12-10-8-6-4-2/h38-39,64,66,75-78,81-84H,3-37,40-63,65,67-74H2,1-2H3,(H,80,85)/b39-38-,66-64+. The van der Waals surface area contributed by atoms with E-state index in [1.807, 2.05) is 0 Å². The van der Waals surface area contributed by atoms with Gasteiger partial charge in [0.15, 0.2) is 0 Å². The minimum Gasteiger partial charge on any atom is -0.394 e. The van der Waals surface area contributed by atoms with Crippen LogP contribution in [0, 0.1) is 0 Å². The van der Waals surface area contributed by atoms with E-state index in [2.05, 4.69) is 43.5 Å². The Morgan fingerprint density at radius 1 is 0.282 bits per heavy atom. The van der Waals surface area contributed by atoms with Crippen molar-refractivity contribution in [1.29, 1.82) is 0 Å². The summed E-state index contributed by atoms with van der Waals surface area (Å²) in [4.78, 5) is 12.7. The Kier molecular flexibility index (Phi) is 72.5. The van der Waals surface area contributed by atoms with Gasteiger partial charge in [-0.25, -0.2) is 0 Å². The van der Waals surface area contributed by atoms with Crippen LogP contribution < -0.4 is 5.32 Å². The molecule has 6 nitrogen and oxygen atoms in total. The monoisotopic (exact) mass is 1200 g/mol. The fourth-order valence-corrected chi connectivity index (χ4v) is 12.8. The van der Waals surface area contributed by atoms with Gasteiger partial charge in [-0.2, -0.15) is 0 Å². The van der Waals surface area contributed by atoms with Crippen molar-refractivity contribution in [3.63, 3.8) is 0 Å². The summed E-state index contributed by atoms with van der Waals surface area (Å²) in [5.74, 6) is -0.585. The predicted molar refractivity (Wildman–Crippen MR) is 376 cm³/mol. The molecule has 0 aliphatic carbocycles. The molecular formula is C79H155NO5. The fourth-order valence-electron chi connectivity index (χ4n) is 12.8. The Hall–Kier alpha value is -1.21. The van der Waals surface area contributed by atoms with Crippen LogP contribution in [-0.4, -0.2) is 57.3 Å². The number of aliphatic hydroxyl groups is 4. The summed E-state index contributed by atoms with van der Waals surface area (Å²) in [6.45, 7) is 4.11. The second-order valence-corrected chi connectivity index (χ2v) is 27.4. The molecule has 0 bridgehead atoms. The number of carbonyl (C=O) groups is 1. The molecule has 0 aliphatic heterocycles. The van der Waals surface area contributed by atoms with Crippen molar-refractivity contribution < 1.29 is 25.2 Å². The number of amides is 1. The highest BCUT2D eigenvalue weighted by Crippen LogP contribution is 2.20. The van der Waals surface area contributed by atoms with Gasteiger partial charge in [-0.05, 0) is 64.2 Å². The Morgan fingerprint density at radius 3 is 0.706 bits per heavy atom. The lowest BCUT2D eigenvalue weighted by Gasteiger charge is -2.27. The van der Waals surface area contributed by atoms with E-state index in [-0.39, 0.29) is 0 Å². The first-order valence-corrected chi connectivity index (χ1v) is 39.2. The molecule has 506 valence electrons. The molecule has 0 fully saturated rings. The van der Waals surface area contributed by atoms with E-state index >= 15 is 0 Å². The maximum absolute atomic E-state index is 12.7. The van der Waals surface area contributed by atoms with Crippen LogP contribution in [0.1, 0.15) is 444 Å². The van der Waals surface area contributed by atoms with Crippen molar-refractivity contribution >= 4 is 5.91 Å². The van der Waals surface area contributed by atoms with E-state index in [4.69, 9.17) is 0 Å². The van der Waals surface area contributed by atoms with Crippen LogP contribution >= 0.6 is 0 Å². The van der Waals surface area contributed by atoms with Gasteiger partial charge >= 0.3 is 0 Å². The summed E-state index contributed by atoms with van der Waals surface area (Å²) in [6.07, 6.45) is 95.0. The number of allylic oxidation sites excluding steroid dienone is 4. The summed E-state index contributed by atoms with van der Waals surface area (Å²) in [5, 5.41) is 44.3. The number of rotatable bonds is 74. The fraction of sp³-hybridized carbons (Fsp3) is 0.937. The first kappa shape index (κ1) is 83.8. The average Bonchev–Trinajstić information content (AvgIpc) is 3.51. The number of aliphatic hydroxyl groups excluding tert-OH is 4. The van der Waals surface area contributed by atoms with Crippen LogP contribution in [0.5, 0.6) is 0 Å². The molecule has 0 aromatic rings. The molecule has 0 rings (SSSR count). The summed E-state index contributed by atoms with van der Waals surface area (Å²) < 4.78 is 0. The molecule has 1 amide bonds. The van der Waals surface area contributed by atoms with Crippen molar-refractivity contribution in [2.24, 2.45) is 0 Å². The van der Waals surface area contributed by atoms with Gasteiger partial charge in [0.1, 0.15) is 12.2 Å². The minimum atomic E-state index is -1.28. The second-order valence-electron chi connectivity index (χ2n) is 27.4. The van der Waals surface area contributed by atoms with Crippen molar-refractivity contribution in [2.75, 3.05) is 6.61 Å². The van der Waals surface area contributed by atoms with Gasteiger partial charge in [-0.15, -0.1) is 0 Å². The molecule has 4 atom stereocenters. The molecule has 0 aromatic heterocycles. The van der Waals surface area contributed by atoms with E-state index in [0.29, 0.717) is 12.8 Å². The largest absolute Gasteiger partial charge is 0.394 e. The summed E-state index contributed by atoms with van der Waals surface area (Å²) in [5.41, 5.74) is 0. The number of hydrogen-bond acceptors (Lipinski definition) is 5. The quantitative estimate of drug-likeness (QED) is 0.0308. The number of nitrogens with one attached hydrogen (secondary N) is 1. The summed E-state index contributed by atoms with van der Waals surface area (Å²) >= 11 is 0. The lowest BCUT2D eigenvalue weighted by molar-refractivity contribution is -0.132. The van der Waals surface area contributed by atoms with Crippen LogP contribution in [0.25, 0.3) is 0 Å². The first-order valence-electron chi connectivity index (χ1n) is 39.2. The number of unbranched alkanes of at least 4 members (excludes halogenated alkanes) is 61. The molecule has 4 unspecified atom stereocenters. The highest BCUT2D eigenvalue weighted by atomic mass is 16.3. The van der Waals surface area contributed by atoms with E-state index in [1.165, 1.54) is 379 Å². The summed E-state index contributed by atoms with van der Waals surface area (Å²) in [7, 11) is 0. The third-order valence-corrected chi connectivity index (χ3v) is 18.9. The zero-order chi connectivity index (χ0) is 61.5. The molecular weight excluding hydrogens is 1040 g/mol. The second kappa shape index (κ2) is 73.5. The Morgan fingerprint density at radius 2 is 0.482 bits per heavy atom. The van der Waals surface area contributed by atoms with Crippen molar-refractivity contribution in [2.45, 2.75) is 468 Å². The van der Waals surface area contributed by atoms with Gasteiger partial charge in [-0.1, -0.05) is 404 Å². The van der Waals surface area contributed by atoms with Crippen LogP contribution in [-0.2, 0) is 4.79 Å². The number of hydrogen-bond donors (Lipinski definition) is 5. The van der Waals surface area contributed by atoms with E-state index in [1.54, 1.807) is 0 Å². The van der Waals surface area contributed by atoms with Crippen LogP contribution in [0.3, 0.4) is 0 Å². The van der Waals surface area contributed by atoms with Gasteiger partial charge in [0.25, 0.3) is 0 Å².